The molecule has 0 saturated heterocycles. The van der Waals surface area contributed by atoms with Gasteiger partial charge in [0.2, 0.25) is 0 Å². The number of benzene rings is 3. The number of fused-ring (bicyclic) bond motifs is 1. The van der Waals surface area contributed by atoms with Crippen molar-refractivity contribution in [1.29, 1.82) is 0 Å². The number of ether oxygens (including phenoxy) is 2. The molecule has 0 bridgehead atoms. The minimum absolute atomic E-state index is 0.0553. The molecule has 28 heavy (non-hydrogen) atoms. The summed E-state index contributed by atoms with van der Waals surface area (Å²) in [5.41, 5.74) is 3.05. The van der Waals surface area contributed by atoms with E-state index in [4.69, 9.17) is 21.1 Å². The molecule has 0 aromatic heterocycles. The van der Waals surface area contributed by atoms with Crippen LogP contribution in [0.25, 0.3) is 5.76 Å². The lowest BCUT2D eigenvalue weighted by molar-refractivity contribution is 0.130. The number of hydrogen-bond donors (Lipinski definition) is 0. The van der Waals surface area contributed by atoms with Gasteiger partial charge >= 0.3 is 0 Å². The van der Waals surface area contributed by atoms with Crippen LogP contribution in [0.5, 0.6) is 11.5 Å². The monoisotopic (exact) mass is 390 g/mol. The highest BCUT2D eigenvalue weighted by Crippen LogP contribution is 2.43. The molecule has 0 amide bonds. The van der Waals surface area contributed by atoms with Crippen molar-refractivity contribution in [3.05, 3.63) is 101 Å². The molecule has 142 valence electrons. The fourth-order valence-electron chi connectivity index (χ4n) is 3.38. The quantitative estimate of drug-likeness (QED) is 0.475. The second-order valence-corrected chi connectivity index (χ2v) is 8.38. The maximum atomic E-state index is 6.26. The van der Waals surface area contributed by atoms with Crippen LogP contribution < -0.4 is 9.47 Å². The molecule has 0 aliphatic carbocycles. The topological polar surface area (TPSA) is 18.5 Å². The highest BCUT2D eigenvalue weighted by atomic mass is 35.5. The van der Waals surface area contributed by atoms with E-state index in [1.54, 1.807) is 0 Å². The molecule has 0 unspecified atom stereocenters. The van der Waals surface area contributed by atoms with Gasteiger partial charge in [-0.25, -0.2) is 0 Å². The van der Waals surface area contributed by atoms with Gasteiger partial charge in [0.1, 0.15) is 22.9 Å². The fourth-order valence-corrected chi connectivity index (χ4v) is 3.50. The molecule has 3 aromatic rings. The van der Waals surface area contributed by atoms with E-state index >= 15 is 0 Å². The zero-order valence-electron chi connectivity index (χ0n) is 16.3. The van der Waals surface area contributed by atoms with E-state index in [1.807, 2.05) is 63.2 Å². The molecule has 2 nitrogen and oxygen atoms in total. The van der Waals surface area contributed by atoms with Gasteiger partial charge in [-0.3, -0.25) is 0 Å². The molecular weight excluding hydrogens is 368 g/mol. The molecule has 1 heterocycles. The Morgan fingerprint density at radius 2 is 1.61 bits per heavy atom. The molecule has 1 aliphatic heterocycles. The summed E-state index contributed by atoms with van der Waals surface area (Å²) in [5, 5.41) is 0.730. The summed E-state index contributed by atoms with van der Waals surface area (Å²) in [7, 11) is 0. The lowest BCUT2D eigenvalue weighted by atomic mass is 9.87. The third-order valence-corrected chi connectivity index (χ3v) is 4.82. The summed E-state index contributed by atoms with van der Waals surface area (Å²) in [6.45, 7) is 6.15. The third-order valence-electron chi connectivity index (χ3n) is 4.57. The highest BCUT2D eigenvalue weighted by molar-refractivity contribution is 6.30. The second-order valence-electron chi connectivity index (χ2n) is 7.94. The number of halogens is 1. The summed E-state index contributed by atoms with van der Waals surface area (Å²) in [4.78, 5) is 0. The lowest BCUT2D eigenvalue weighted by Crippen LogP contribution is -2.23. The van der Waals surface area contributed by atoms with Crippen LogP contribution in [0.3, 0.4) is 0 Å². The lowest BCUT2D eigenvalue weighted by Gasteiger charge is -2.28. The van der Waals surface area contributed by atoms with Crippen molar-refractivity contribution in [2.75, 3.05) is 0 Å². The molecule has 0 N–H and O–H groups in total. The van der Waals surface area contributed by atoms with Crippen LogP contribution in [0.4, 0.5) is 0 Å². The highest BCUT2D eigenvalue weighted by Gasteiger charge is 2.25. The predicted molar refractivity (Wildman–Crippen MR) is 115 cm³/mol. The minimum Gasteiger partial charge on any atom is -0.488 e. The van der Waals surface area contributed by atoms with E-state index in [1.165, 1.54) is 0 Å². The maximum absolute atomic E-state index is 6.26. The molecule has 1 atom stereocenters. The van der Waals surface area contributed by atoms with E-state index < -0.39 is 0 Å². The maximum Gasteiger partial charge on any atom is 0.131 e. The third kappa shape index (κ3) is 4.07. The van der Waals surface area contributed by atoms with E-state index in [-0.39, 0.29) is 11.5 Å². The number of rotatable bonds is 3. The SMILES string of the molecule is CC(C)(C)Oc1ccc2c(c1)[C@@H](c1ccc(Cl)cc1)C=C(c1ccccc1)O2. The Labute approximate surface area is 171 Å². The molecule has 3 aromatic carbocycles. The van der Waals surface area contributed by atoms with E-state index in [9.17, 15) is 0 Å². The van der Waals surface area contributed by atoms with Crippen LogP contribution in [0, 0.1) is 0 Å². The van der Waals surface area contributed by atoms with Gasteiger partial charge in [-0.2, -0.15) is 0 Å². The number of allylic oxidation sites excluding steroid dienone is 1. The van der Waals surface area contributed by atoms with Gasteiger partial charge in [0, 0.05) is 22.1 Å². The molecular formula is C25H23ClO2. The summed E-state index contributed by atoms with van der Waals surface area (Å²) in [5.74, 6) is 2.60. The minimum atomic E-state index is -0.259. The Hall–Kier alpha value is -2.71. The first-order valence-electron chi connectivity index (χ1n) is 9.42. The van der Waals surface area contributed by atoms with Crippen LogP contribution in [0.1, 0.15) is 43.4 Å². The fraction of sp³-hybridized carbons (Fsp3) is 0.200. The Kier molecular flexibility index (Phi) is 4.91. The summed E-state index contributed by atoms with van der Waals surface area (Å²) >= 11 is 6.11. The van der Waals surface area contributed by atoms with Crippen LogP contribution >= 0.6 is 11.6 Å². The van der Waals surface area contributed by atoms with E-state index in [0.717, 1.165) is 39.0 Å². The van der Waals surface area contributed by atoms with E-state index in [0.29, 0.717) is 0 Å². The van der Waals surface area contributed by atoms with Gasteiger partial charge in [0.15, 0.2) is 0 Å². The molecule has 0 fully saturated rings. The molecule has 3 heteroatoms. The van der Waals surface area contributed by atoms with Gasteiger partial charge in [0.05, 0.1) is 0 Å². The predicted octanol–water partition coefficient (Wildman–Crippen LogP) is 7.08. The largest absolute Gasteiger partial charge is 0.488 e. The van der Waals surface area contributed by atoms with Crippen molar-refractivity contribution in [2.45, 2.75) is 32.3 Å². The summed E-state index contributed by atoms with van der Waals surface area (Å²) < 4.78 is 12.3. The van der Waals surface area contributed by atoms with Crippen LogP contribution in [-0.2, 0) is 0 Å². The zero-order valence-corrected chi connectivity index (χ0v) is 17.0. The average molecular weight is 391 g/mol. The second kappa shape index (κ2) is 7.37. The molecule has 0 radical (unpaired) electrons. The normalized spacial score (nSPS) is 16.0. The van der Waals surface area contributed by atoms with E-state index in [2.05, 4.69) is 36.4 Å². The molecule has 0 saturated carbocycles. The number of hydrogen-bond acceptors (Lipinski definition) is 2. The van der Waals surface area contributed by atoms with Gasteiger partial charge in [-0.1, -0.05) is 54.1 Å². The average Bonchev–Trinajstić information content (AvgIpc) is 2.67. The van der Waals surface area contributed by atoms with Crippen LogP contribution in [0.15, 0.2) is 78.9 Å². The van der Waals surface area contributed by atoms with Gasteiger partial charge < -0.3 is 9.47 Å². The van der Waals surface area contributed by atoms with Crippen LogP contribution in [-0.4, -0.2) is 5.60 Å². The van der Waals surface area contributed by atoms with Crippen LogP contribution in [0.2, 0.25) is 5.02 Å². The van der Waals surface area contributed by atoms with Crippen molar-refractivity contribution < 1.29 is 9.47 Å². The first kappa shape index (κ1) is 18.6. The van der Waals surface area contributed by atoms with Crippen molar-refractivity contribution in [2.24, 2.45) is 0 Å². The molecule has 1 aliphatic rings. The summed E-state index contributed by atoms with van der Waals surface area (Å²) in [6.07, 6.45) is 2.17. The van der Waals surface area contributed by atoms with Crippen molar-refractivity contribution in [3.63, 3.8) is 0 Å². The smallest absolute Gasteiger partial charge is 0.131 e. The first-order chi connectivity index (χ1) is 13.4. The van der Waals surface area contributed by atoms with Crippen molar-refractivity contribution in [3.8, 4) is 11.5 Å². The summed E-state index contributed by atoms with van der Waals surface area (Å²) in [6, 6.07) is 24.2. The molecule has 0 spiro atoms. The Bertz CT molecular complexity index is 999. The van der Waals surface area contributed by atoms with Gasteiger partial charge in [0.25, 0.3) is 0 Å². The zero-order chi connectivity index (χ0) is 19.7. The van der Waals surface area contributed by atoms with Crippen molar-refractivity contribution in [1.82, 2.24) is 0 Å². The Balaban J connectivity index is 1.81. The van der Waals surface area contributed by atoms with Gasteiger partial charge in [-0.15, -0.1) is 0 Å². The van der Waals surface area contributed by atoms with Gasteiger partial charge in [-0.05, 0) is 62.7 Å². The van der Waals surface area contributed by atoms with Crippen molar-refractivity contribution >= 4 is 17.4 Å². The molecule has 4 rings (SSSR count). The Morgan fingerprint density at radius 3 is 2.29 bits per heavy atom. The first-order valence-corrected chi connectivity index (χ1v) is 9.80. The standard InChI is InChI=1S/C25H23ClO2/c1-25(2,3)28-20-13-14-23-22(15-20)21(17-9-11-19(26)12-10-17)16-24(27-23)18-7-5-4-6-8-18/h4-16,21H,1-3H3/t21-/m1/s1. The Morgan fingerprint density at radius 1 is 0.893 bits per heavy atom.